The predicted octanol–water partition coefficient (Wildman–Crippen LogP) is 2.57. The fourth-order valence-corrected chi connectivity index (χ4v) is 3.19. The summed E-state index contributed by atoms with van der Waals surface area (Å²) in [4.78, 5) is 6.80. The van der Waals surface area contributed by atoms with E-state index in [9.17, 15) is 0 Å². The monoisotopic (exact) mass is 337 g/mol. The maximum absolute atomic E-state index is 5.43. The summed E-state index contributed by atoms with van der Waals surface area (Å²) in [7, 11) is 0. The molecule has 2 aromatic heterocycles. The molecule has 25 heavy (non-hydrogen) atoms. The number of anilines is 1. The Balaban J connectivity index is 1.68. The minimum absolute atomic E-state index is 0.755. The summed E-state index contributed by atoms with van der Waals surface area (Å²) >= 11 is 0. The minimum atomic E-state index is 0.755. The van der Waals surface area contributed by atoms with Gasteiger partial charge in [-0.1, -0.05) is 13.0 Å². The molecule has 0 bridgehead atoms. The van der Waals surface area contributed by atoms with Gasteiger partial charge in [0.15, 0.2) is 0 Å². The normalized spacial score (nSPS) is 15.0. The highest BCUT2D eigenvalue weighted by Gasteiger charge is 2.15. The number of ether oxygens (including phenoxy) is 1. The van der Waals surface area contributed by atoms with Gasteiger partial charge in [0, 0.05) is 36.8 Å². The van der Waals surface area contributed by atoms with Gasteiger partial charge in [-0.2, -0.15) is 5.10 Å². The SMILES string of the molecule is CCNCc1ccc2[nH]nc(-c3ccnc(N4CCOCC4)c3)c2c1. The maximum Gasteiger partial charge on any atom is 0.129 e. The molecule has 3 heterocycles. The summed E-state index contributed by atoms with van der Waals surface area (Å²) in [5.74, 6) is 0.987. The van der Waals surface area contributed by atoms with Crippen molar-refractivity contribution in [3.63, 3.8) is 0 Å². The van der Waals surface area contributed by atoms with E-state index in [1.54, 1.807) is 0 Å². The maximum atomic E-state index is 5.43. The Kier molecular flexibility index (Phi) is 4.63. The van der Waals surface area contributed by atoms with E-state index in [0.29, 0.717) is 0 Å². The Labute approximate surface area is 147 Å². The van der Waals surface area contributed by atoms with Gasteiger partial charge in [-0.25, -0.2) is 4.98 Å². The predicted molar refractivity (Wildman–Crippen MR) is 99.7 cm³/mol. The molecule has 0 unspecified atom stereocenters. The molecule has 6 heteroatoms. The van der Waals surface area contributed by atoms with Crippen molar-refractivity contribution in [3.8, 4) is 11.3 Å². The van der Waals surface area contributed by atoms with Gasteiger partial charge in [0.2, 0.25) is 0 Å². The number of nitrogens with one attached hydrogen (secondary N) is 2. The lowest BCUT2D eigenvalue weighted by Crippen LogP contribution is -2.36. The Morgan fingerprint density at radius 2 is 2.08 bits per heavy atom. The van der Waals surface area contributed by atoms with Gasteiger partial charge in [-0.15, -0.1) is 0 Å². The molecule has 4 rings (SSSR count). The second-order valence-corrected chi connectivity index (χ2v) is 6.23. The third-order valence-electron chi connectivity index (χ3n) is 4.56. The highest BCUT2D eigenvalue weighted by molar-refractivity contribution is 5.93. The summed E-state index contributed by atoms with van der Waals surface area (Å²) in [5, 5.41) is 12.2. The van der Waals surface area contributed by atoms with Gasteiger partial charge >= 0.3 is 0 Å². The van der Waals surface area contributed by atoms with Gasteiger partial charge in [0.05, 0.1) is 18.7 Å². The van der Waals surface area contributed by atoms with Crippen LogP contribution in [0.2, 0.25) is 0 Å². The van der Waals surface area contributed by atoms with Gasteiger partial charge in [0.25, 0.3) is 0 Å². The van der Waals surface area contributed by atoms with Crippen LogP contribution in [0, 0.1) is 0 Å². The van der Waals surface area contributed by atoms with Crippen LogP contribution in [0.25, 0.3) is 22.2 Å². The van der Waals surface area contributed by atoms with Gasteiger partial charge in [-0.05, 0) is 36.4 Å². The first-order valence-corrected chi connectivity index (χ1v) is 8.82. The van der Waals surface area contributed by atoms with E-state index in [1.165, 1.54) is 5.56 Å². The number of pyridine rings is 1. The summed E-state index contributed by atoms with van der Waals surface area (Å²) in [6.07, 6.45) is 1.86. The lowest BCUT2D eigenvalue weighted by atomic mass is 10.1. The number of benzene rings is 1. The van der Waals surface area contributed by atoms with Crippen LogP contribution in [0.1, 0.15) is 12.5 Å². The van der Waals surface area contributed by atoms with Gasteiger partial charge in [-0.3, -0.25) is 5.10 Å². The third-order valence-corrected chi connectivity index (χ3v) is 4.56. The molecular formula is C19H23N5O. The molecule has 3 aromatic rings. The number of nitrogens with zero attached hydrogens (tertiary/aromatic N) is 3. The zero-order valence-corrected chi connectivity index (χ0v) is 14.5. The average molecular weight is 337 g/mol. The van der Waals surface area contributed by atoms with Crippen LogP contribution in [-0.2, 0) is 11.3 Å². The van der Waals surface area contributed by atoms with Crippen LogP contribution in [0.15, 0.2) is 36.5 Å². The van der Waals surface area contributed by atoms with Crippen molar-refractivity contribution < 1.29 is 4.74 Å². The summed E-state index contributed by atoms with van der Waals surface area (Å²) in [5.41, 5.74) is 4.38. The van der Waals surface area contributed by atoms with E-state index in [4.69, 9.17) is 4.74 Å². The van der Waals surface area contributed by atoms with E-state index in [1.807, 2.05) is 12.3 Å². The van der Waals surface area contributed by atoms with Crippen molar-refractivity contribution in [2.24, 2.45) is 0 Å². The Hall–Kier alpha value is -2.44. The molecule has 0 spiro atoms. The van der Waals surface area contributed by atoms with Crippen LogP contribution in [-0.4, -0.2) is 48.0 Å². The zero-order chi connectivity index (χ0) is 17.1. The third kappa shape index (κ3) is 3.36. The lowest BCUT2D eigenvalue weighted by Gasteiger charge is -2.27. The van der Waals surface area contributed by atoms with E-state index in [-0.39, 0.29) is 0 Å². The number of rotatable bonds is 5. The molecule has 0 radical (unpaired) electrons. The Morgan fingerprint density at radius 3 is 2.92 bits per heavy atom. The van der Waals surface area contributed by atoms with Crippen molar-refractivity contribution in [2.75, 3.05) is 37.7 Å². The number of hydrogen-bond acceptors (Lipinski definition) is 5. The number of morpholine rings is 1. The summed E-state index contributed by atoms with van der Waals surface area (Å²) in [6.45, 7) is 7.22. The van der Waals surface area contributed by atoms with Crippen molar-refractivity contribution in [3.05, 3.63) is 42.1 Å². The van der Waals surface area contributed by atoms with Crippen LogP contribution >= 0.6 is 0 Å². The Bertz CT molecular complexity index is 854. The first-order chi connectivity index (χ1) is 12.3. The van der Waals surface area contributed by atoms with Gasteiger partial charge in [0.1, 0.15) is 11.5 Å². The summed E-state index contributed by atoms with van der Waals surface area (Å²) < 4.78 is 5.43. The first kappa shape index (κ1) is 16.1. The number of aromatic nitrogens is 3. The standard InChI is InChI=1S/C19H23N5O/c1-2-20-13-14-3-4-17-16(11-14)19(23-22-17)15-5-6-21-18(12-15)24-7-9-25-10-8-24/h3-6,11-12,20H,2,7-10,13H2,1H3,(H,22,23). The lowest BCUT2D eigenvalue weighted by molar-refractivity contribution is 0.122. The number of aromatic amines is 1. The van der Waals surface area contributed by atoms with Crippen molar-refractivity contribution >= 4 is 16.7 Å². The molecule has 2 N–H and O–H groups in total. The average Bonchev–Trinajstić information content (AvgIpc) is 3.10. The molecule has 0 saturated carbocycles. The molecule has 6 nitrogen and oxygen atoms in total. The molecule has 1 aromatic carbocycles. The molecule has 0 aliphatic carbocycles. The number of fused-ring (bicyclic) bond motifs is 1. The van der Waals surface area contributed by atoms with Crippen LogP contribution in [0.3, 0.4) is 0 Å². The largest absolute Gasteiger partial charge is 0.378 e. The second-order valence-electron chi connectivity index (χ2n) is 6.23. The van der Waals surface area contributed by atoms with Crippen molar-refractivity contribution in [1.82, 2.24) is 20.5 Å². The molecule has 130 valence electrons. The molecule has 1 fully saturated rings. The first-order valence-electron chi connectivity index (χ1n) is 8.82. The van der Waals surface area contributed by atoms with E-state index in [2.05, 4.69) is 56.6 Å². The highest BCUT2D eigenvalue weighted by Crippen LogP contribution is 2.29. The number of H-pyrrole nitrogens is 1. The van der Waals surface area contributed by atoms with Crippen LogP contribution < -0.4 is 10.2 Å². The summed E-state index contributed by atoms with van der Waals surface area (Å²) in [6, 6.07) is 10.6. The molecule has 1 saturated heterocycles. The quantitative estimate of drug-likeness (QED) is 0.749. The van der Waals surface area contributed by atoms with Gasteiger partial charge < -0.3 is 15.0 Å². The highest BCUT2D eigenvalue weighted by atomic mass is 16.5. The number of hydrogen-bond donors (Lipinski definition) is 2. The Morgan fingerprint density at radius 1 is 1.20 bits per heavy atom. The fraction of sp³-hybridized carbons (Fsp3) is 0.368. The van der Waals surface area contributed by atoms with E-state index >= 15 is 0 Å². The van der Waals surface area contributed by atoms with Crippen LogP contribution in [0.4, 0.5) is 5.82 Å². The van der Waals surface area contributed by atoms with Crippen LogP contribution in [0.5, 0.6) is 0 Å². The fourth-order valence-electron chi connectivity index (χ4n) is 3.19. The van der Waals surface area contributed by atoms with Crippen molar-refractivity contribution in [1.29, 1.82) is 0 Å². The topological polar surface area (TPSA) is 66.1 Å². The smallest absolute Gasteiger partial charge is 0.129 e. The van der Waals surface area contributed by atoms with E-state index < -0.39 is 0 Å². The minimum Gasteiger partial charge on any atom is -0.378 e. The molecule has 0 atom stereocenters. The molecule has 1 aliphatic heterocycles. The molecule has 1 aliphatic rings. The second kappa shape index (κ2) is 7.21. The van der Waals surface area contributed by atoms with Crippen molar-refractivity contribution in [2.45, 2.75) is 13.5 Å². The van der Waals surface area contributed by atoms with E-state index in [0.717, 1.165) is 67.4 Å². The molecular weight excluding hydrogens is 314 g/mol. The molecule has 0 amide bonds. The zero-order valence-electron chi connectivity index (χ0n) is 14.5.